The summed E-state index contributed by atoms with van der Waals surface area (Å²) in [5.41, 5.74) is 5.82. The number of β-lactam (4-membered cyclic amide) rings is 1. The lowest BCUT2D eigenvalue weighted by Gasteiger charge is -2.50. The quantitative estimate of drug-likeness (QED) is 0.0982. The van der Waals surface area contributed by atoms with E-state index in [0.717, 1.165) is 28.0 Å². The Bertz CT molecular complexity index is 1310. The van der Waals surface area contributed by atoms with Crippen molar-refractivity contribution in [3.05, 3.63) is 22.3 Å². The van der Waals surface area contributed by atoms with Gasteiger partial charge < -0.3 is 26.3 Å². The van der Waals surface area contributed by atoms with E-state index in [9.17, 15) is 24.3 Å². The van der Waals surface area contributed by atoms with Gasteiger partial charge >= 0.3 is 5.97 Å². The van der Waals surface area contributed by atoms with Crippen molar-refractivity contribution in [2.45, 2.75) is 41.7 Å². The van der Waals surface area contributed by atoms with Gasteiger partial charge in [0.05, 0.1) is 5.25 Å². The number of thiazole rings is 1. The molecule has 0 aromatic carbocycles. The van der Waals surface area contributed by atoms with Crippen LogP contribution in [0.25, 0.3) is 0 Å². The van der Waals surface area contributed by atoms with E-state index < -0.39 is 40.5 Å². The predicted octanol–water partition coefficient (Wildman–Crippen LogP) is -0.987. The molecule has 0 radical (unpaired) electrons. The number of tetrazole rings is 1. The van der Waals surface area contributed by atoms with Crippen LogP contribution in [0.2, 0.25) is 0 Å². The summed E-state index contributed by atoms with van der Waals surface area (Å²) in [7, 11) is 1.26. The number of nitrogens with one attached hydrogen (secondary N) is 3. The van der Waals surface area contributed by atoms with E-state index in [1.54, 1.807) is 6.92 Å². The van der Waals surface area contributed by atoms with Crippen molar-refractivity contribution >= 4 is 69.4 Å². The summed E-state index contributed by atoms with van der Waals surface area (Å²) in [6.45, 7) is 3.06. The van der Waals surface area contributed by atoms with Gasteiger partial charge in [-0.3, -0.25) is 19.3 Å². The molecule has 4 rings (SSSR count). The molecule has 2 aliphatic heterocycles. The van der Waals surface area contributed by atoms with Crippen LogP contribution in [0.5, 0.6) is 0 Å². The molecule has 1 saturated heterocycles. The third kappa shape index (κ3) is 5.43. The normalized spacial score (nSPS) is 20.8. The van der Waals surface area contributed by atoms with E-state index in [-0.39, 0.29) is 39.1 Å². The average molecular weight is 583 g/mol. The number of carbonyl (C=O) groups is 4. The highest BCUT2D eigenvalue weighted by Gasteiger charge is 2.55. The second-order valence-corrected chi connectivity index (χ2v) is 11.1. The van der Waals surface area contributed by atoms with Crippen molar-refractivity contribution < 1.29 is 29.1 Å². The van der Waals surface area contributed by atoms with Gasteiger partial charge in [0.1, 0.15) is 29.9 Å². The van der Waals surface area contributed by atoms with Gasteiger partial charge in [0.2, 0.25) is 11.1 Å². The molecule has 4 heterocycles. The van der Waals surface area contributed by atoms with Gasteiger partial charge in [-0.05, 0) is 17.7 Å². The number of aromatic amines is 1. The number of thioether (sulfide) groups is 2. The van der Waals surface area contributed by atoms with E-state index in [0.29, 0.717) is 5.57 Å². The third-order valence-electron chi connectivity index (χ3n) is 5.44. The van der Waals surface area contributed by atoms with Crippen molar-refractivity contribution in [2.75, 3.05) is 18.6 Å². The van der Waals surface area contributed by atoms with E-state index in [4.69, 9.17) is 10.6 Å². The Labute approximate surface area is 227 Å². The second-order valence-electron chi connectivity index (χ2n) is 7.96. The maximum absolute atomic E-state index is 13.2. The number of H-pyrrole nitrogens is 1. The van der Waals surface area contributed by atoms with E-state index >= 15 is 0 Å². The Balaban J connectivity index is 1.60. The highest BCUT2D eigenvalue weighted by Crippen LogP contribution is 2.44. The standard InChI is InChI=1S/C19H22N10O6S3/c1-6(21-7(2)30)13(38-19-24-27-28-25-19)8-4-36-16-11(15(32)29(16)12(8)17(33)34)23-14(31)10(26-35-3)9-5-37-18(20)22-9/h5-6,11,13,16H,4H2,1-3H3,(H2,20,22)(H,21,30)(H,23,31)(H,33,34)(H,24,25,27,28)/b26-10-/t6?,11-,13?,16-/m1/s1. The number of rotatable bonds is 10. The van der Waals surface area contributed by atoms with Crippen LogP contribution in [0.15, 0.2) is 27.0 Å². The lowest BCUT2D eigenvalue weighted by atomic mass is 9.99. The van der Waals surface area contributed by atoms with Crippen molar-refractivity contribution in [1.82, 2.24) is 41.1 Å². The first kappa shape index (κ1) is 27.3. The van der Waals surface area contributed by atoms with Crippen LogP contribution in [-0.2, 0) is 24.0 Å². The SMILES string of the molecule is CO/N=C(\C(=O)N[C@@H]1C(=O)N2C(C(=O)O)=C(C(Sc3nn[nH]n3)C(C)NC(C)=O)CS[C@H]12)c1csc(N)n1. The fraction of sp³-hybridized carbons (Fsp3) is 0.421. The zero-order chi connectivity index (χ0) is 27.6. The van der Waals surface area contributed by atoms with Gasteiger partial charge in [-0.15, -0.1) is 33.3 Å². The van der Waals surface area contributed by atoms with E-state index in [2.05, 4.69) is 41.4 Å². The fourth-order valence-corrected chi connectivity index (χ4v) is 7.02. The highest BCUT2D eigenvalue weighted by atomic mass is 32.2. The zero-order valence-corrected chi connectivity index (χ0v) is 22.5. The van der Waals surface area contributed by atoms with Crippen LogP contribution in [0.4, 0.5) is 5.13 Å². The topological polar surface area (TPSA) is 231 Å². The molecule has 0 saturated carbocycles. The van der Waals surface area contributed by atoms with Gasteiger partial charge in [0.15, 0.2) is 10.8 Å². The third-order valence-corrected chi connectivity index (χ3v) is 8.74. The summed E-state index contributed by atoms with van der Waals surface area (Å²) >= 11 is 3.48. The van der Waals surface area contributed by atoms with Gasteiger partial charge in [0.25, 0.3) is 11.8 Å². The molecule has 16 nitrogen and oxygen atoms in total. The number of anilines is 1. The predicted molar refractivity (Wildman–Crippen MR) is 137 cm³/mol. The molecule has 19 heteroatoms. The minimum Gasteiger partial charge on any atom is -0.477 e. The minimum atomic E-state index is -1.32. The maximum Gasteiger partial charge on any atom is 0.352 e. The molecule has 2 aromatic heterocycles. The Kier molecular flexibility index (Phi) is 8.17. The molecule has 4 atom stereocenters. The van der Waals surface area contributed by atoms with Crippen LogP contribution >= 0.6 is 34.9 Å². The fourth-order valence-electron chi connectivity index (χ4n) is 3.95. The van der Waals surface area contributed by atoms with Crippen LogP contribution in [0.1, 0.15) is 19.5 Å². The van der Waals surface area contributed by atoms with E-state index in [1.807, 2.05) is 0 Å². The Morgan fingerprint density at radius 1 is 1.42 bits per heavy atom. The molecular formula is C19H22N10O6S3. The lowest BCUT2D eigenvalue weighted by molar-refractivity contribution is -0.150. The largest absolute Gasteiger partial charge is 0.477 e. The molecule has 2 unspecified atom stereocenters. The first-order chi connectivity index (χ1) is 18.1. The summed E-state index contributed by atoms with van der Waals surface area (Å²) < 4.78 is 0. The minimum absolute atomic E-state index is 0.175. The Morgan fingerprint density at radius 3 is 2.76 bits per heavy atom. The summed E-state index contributed by atoms with van der Waals surface area (Å²) in [6, 6.07) is -1.56. The molecule has 3 amide bonds. The number of carboxylic acid groups (broad SMARTS) is 1. The molecule has 2 aliphatic rings. The first-order valence-corrected chi connectivity index (χ1v) is 13.6. The molecule has 0 aliphatic carbocycles. The lowest BCUT2D eigenvalue weighted by Crippen LogP contribution is -2.71. The number of oxime groups is 1. The first-order valence-electron chi connectivity index (χ1n) is 10.8. The van der Waals surface area contributed by atoms with Gasteiger partial charge in [0, 0.05) is 24.1 Å². The summed E-state index contributed by atoms with van der Waals surface area (Å²) in [6.07, 6.45) is 0. The number of hydrogen-bond donors (Lipinski definition) is 5. The Hall–Kier alpha value is -3.71. The number of aromatic nitrogens is 5. The van der Waals surface area contributed by atoms with Gasteiger partial charge in [-0.1, -0.05) is 16.9 Å². The number of carbonyl (C=O) groups excluding carboxylic acids is 3. The molecule has 1 fully saturated rings. The average Bonchev–Trinajstić information content (AvgIpc) is 3.54. The van der Waals surface area contributed by atoms with Crippen LogP contribution in [0.3, 0.4) is 0 Å². The zero-order valence-electron chi connectivity index (χ0n) is 20.1. The van der Waals surface area contributed by atoms with E-state index in [1.165, 1.54) is 31.2 Å². The number of nitrogens with zero attached hydrogens (tertiary/aromatic N) is 6. The second kappa shape index (κ2) is 11.4. The van der Waals surface area contributed by atoms with Crippen molar-refractivity contribution in [3.63, 3.8) is 0 Å². The molecule has 0 bridgehead atoms. The molecule has 38 heavy (non-hydrogen) atoms. The van der Waals surface area contributed by atoms with Crippen molar-refractivity contribution in [1.29, 1.82) is 0 Å². The van der Waals surface area contributed by atoms with Gasteiger partial charge in [-0.25, -0.2) is 9.78 Å². The highest BCUT2D eigenvalue weighted by molar-refractivity contribution is 8.01. The summed E-state index contributed by atoms with van der Waals surface area (Å²) in [5.74, 6) is -2.78. The smallest absolute Gasteiger partial charge is 0.352 e. The van der Waals surface area contributed by atoms with Crippen LogP contribution < -0.4 is 16.4 Å². The number of hydrogen-bond acceptors (Lipinski definition) is 14. The maximum atomic E-state index is 13.2. The number of aliphatic carboxylic acids is 1. The number of nitrogens with two attached hydrogens (primary N) is 1. The molecular weight excluding hydrogens is 560 g/mol. The van der Waals surface area contributed by atoms with Crippen LogP contribution in [-0.4, -0.2) is 101 Å². The monoisotopic (exact) mass is 582 g/mol. The summed E-state index contributed by atoms with van der Waals surface area (Å²) in [5, 5.41) is 33.5. The molecule has 202 valence electrons. The Morgan fingerprint density at radius 2 is 2.18 bits per heavy atom. The van der Waals surface area contributed by atoms with Crippen molar-refractivity contribution in [2.24, 2.45) is 5.16 Å². The van der Waals surface area contributed by atoms with Crippen molar-refractivity contribution in [3.8, 4) is 0 Å². The number of fused-ring (bicyclic) bond motifs is 1. The number of amides is 3. The summed E-state index contributed by atoms with van der Waals surface area (Å²) in [4.78, 5) is 60.2. The number of carboxylic acids is 1. The van der Waals surface area contributed by atoms with Gasteiger partial charge in [-0.2, -0.15) is 5.21 Å². The molecule has 0 spiro atoms. The molecule has 6 N–H and O–H groups in total. The molecule has 2 aromatic rings. The van der Waals surface area contributed by atoms with Crippen LogP contribution in [0, 0.1) is 0 Å². The number of nitrogen functional groups attached to an aromatic ring is 1.